The van der Waals surface area contributed by atoms with Gasteiger partial charge in [-0.25, -0.2) is 5.43 Å². The van der Waals surface area contributed by atoms with Crippen LogP contribution in [0.5, 0.6) is 5.75 Å². The van der Waals surface area contributed by atoms with Gasteiger partial charge >= 0.3 is 0 Å². The molecule has 3 aromatic carbocycles. The van der Waals surface area contributed by atoms with E-state index in [-0.39, 0.29) is 5.91 Å². The lowest BCUT2D eigenvalue weighted by Crippen LogP contribution is -2.17. The minimum atomic E-state index is -0.323. The van der Waals surface area contributed by atoms with Crippen molar-refractivity contribution < 1.29 is 9.53 Å². The summed E-state index contributed by atoms with van der Waals surface area (Å²) in [6.45, 7) is 0.489. The first-order chi connectivity index (χ1) is 13.1. The van der Waals surface area contributed by atoms with Crippen molar-refractivity contribution in [2.75, 3.05) is 0 Å². The number of amides is 1. The summed E-state index contributed by atoms with van der Waals surface area (Å²) < 4.78 is 6.62. The second kappa shape index (κ2) is 9.35. The first-order valence-electron chi connectivity index (χ1n) is 8.17. The Morgan fingerprint density at radius 2 is 1.89 bits per heavy atom. The topological polar surface area (TPSA) is 50.7 Å². The molecule has 0 saturated heterocycles. The third-order valence-corrected chi connectivity index (χ3v) is 4.51. The predicted octanol–water partition coefficient (Wildman–Crippen LogP) is 5.45. The van der Waals surface area contributed by atoms with E-state index in [9.17, 15) is 4.79 Å². The van der Waals surface area contributed by atoms with Gasteiger partial charge in [-0.05, 0) is 63.5 Å². The summed E-state index contributed by atoms with van der Waals surface area (Å²) in [5, 5.41) is 4.48. The molecule has 3 rings (SSSR count). The van der Waals surface area contributed by atoms with E-state index in [0.717, 1.165) is 21.3 Å². The maximum atomic E-state index is 12.0. The van der Waals surface area contributed by atoms with Gasteiger partial charge in [0, 0.05) is 10.6 Å². The fraction of sp³-hybridized carbons (Fsp3) is 0.0476. The monoisotopic (exact) mass is 442 g/mol. The molecule has 0 bridgehead atoms. The smallest absolute Gasteiger partial charge is 0.271 e. The first kappa shape index (κ1) is 19.1. The van der Waals surface area contributed by atoms with Crippen LogP contribution in [0.15, 0.2) is 82.4 Å². The number of carbonyl (C=O) groups is 1. The summed E-state index contributed by atoms with van der Waals surface area (Å²) in [6.07, 6.45) is 1.56. The van der Waals surface area contributed by atoms with E-state index in [0.29, 0.717) is 17.2 Å². The zero-order valence-corrected chi connectivity index (χ0v) is 16.6. The summed E-state index contributed by atoms with van der Waals surface area (Å²) in [5.74, 6) is 0.412. The molecule has 0 aliphatic rings. The van der Waals surface area contributed by atoms with Gasteiger partial charge in [0.15, 0.2) is 0 Å². The second-order valence-electron chi connectivity index (χ2n) is 5.67. The number of carbonyl (C=O) groups excluding carboxylic acids is 1. The molecule has 3 aromatic rings. The van der Waals surface area contributed by atoms with E-state index >= 15 is 0 Å². The van der Waals surface area contributed by atoms with Crippen LogP contribution in [0.1, 0.15) is 21.5 Å². The van der Waals surface area contributed by atoms with Crippen molar-refractivity contribution in [2.24, 2.45) is 5.10 Å². The Morgan fingerprint density at radius 3 is 2.63 bits per heavy atom. The third kappa shape index (κ3) is 5.67. The molecular weight excluding hydrogens is 428 g/mol. The normalized spacial score (nSPS) is 10.7. The Kier molecular flexibility index (Phi) is 6.63. The molecule has 136 valence electrons. The number of hydrogen-bond acceptors (Lipinski definition) is 3. The van der Waals surface area contributed by atoms with Crippen LogP contribution in [0.2, 0.25) is 5.02 Å². The van der Waals surface area contributed by atoms with E-state index < -0.39 is 0 Å². The average molecular weight is 444 g/mol. The van der Waals surface area contributed by atoms with Crippen molar-refractivity contribution in [3.63, 3.8) is 0 Å². The maximum absolute atomic E-state index is 12.0. The molecule has 0 atom stereocenters. The van der Waals surface area contributed by atoms with Gasteiger partial charge in [0.05, 0.1) is 10.7 Å². The van der Waals surface area contributed by atoms with Gasteiger partial charge in [0.25, 0.3) is 5.91 Å². The van der Waals surface area contributed by atoms with Crippen LogP contribution in [0, 0.1) is 0 Å². The molecule has 1 amide bonds. The molecule has 0 fully saturated rings. The molecule has 0 heterocycles. The standard InChI is InChI=1S/C21H16BrClN2O2/c22-19-11-16(9-10-20(19)27-14-15-5-2-1-3-6-15)13-24-25-21(26)17-7-4-8-18(23)12-17/h1-13H,14H2,(H,25,26)/b24-13-. The number of benzene rings is 3. The number of nitrogens with one attached hydrogen (secondary N) is 1. The molecule has 1 N–H and O–H groups in total. The van der Waals surface area contributed by atoms with Crippen LogP contribution in [-0.2, 0) is 6.61 Å². The Balaban J connectivity index is 1.58. The van der Waals surface area contributed by atoms with E-state index in [1.165, 1.54) is 0 Å². The van der Waals surface area contributed by atoms with E-state index in [4.69, 9.17) is 16.3 Å². The van der Waals surface area contributed by atoms with Crippen molar-refractivity contribution in [3.8, 4) is 5.75 Å². The van der Waals surface area contributed by atoms with Gasteiger partial charge < -0.3 is 4.74 Å². The Labute approximate surface area is 171 Å². The lowest BCUT2D eigenvalue weighted by Gasteiger charge is -2.08. The van der Waals surface area contributed by atoms with Crippen molar-refractivity contribution in [1.29, 1.82) is 0 Å². The van der Waals surface area contributed by atoms with E-state index in [1.54, 1.807) is 30.5 Å². The van der Waals surface area contributed by atoms with Crippen LogP contribution in [0.4, 0.5) is 0 Å². The Bertz CT molecular complexity index is 961. The summed E-state index contributed by atoms with van der Waals surface area (Å²) in [6, 6.07) is 22.2. The highest BCUT2D eigenvalue weighted by atomic mass is 79.9. The summed E-state index contributed by atoms with van der Waals surface area (Å²) >= 11 is 9.38. The largest absolute Gasteiger partial charge is 0.488 e. The van der Waals surface area contributed by atoms with Crippen LogP contribution in [0.25, 0.3) is 0 Å². The van der Waals surface area contributed by atoms with Crippen molar-refractivity contribution >= 4 is 39.7 Å². The molecular formula is C21H16BrClN2O2. The number of hydrazone groups is 1. The molecule has 27 heavy (non-hydrogen) atoms. The minimum absolute atomic E-state index is 0.323. The highest BCUT2D eigenvalue weighted by molar-refractivity contribution is 9.10. The number of halogens is 2. The van der Waals surface area contributed by atoms with Crippen molar-refractivity contribution in [1.82, 2.24) is 5.43 Å². The highest BCUT2D eigenvalue weighted by Crippen LogP contribution is 2.26. The molecule has 0 radical (unpaired) electrons. The Hall–Kier alpha value is -2.63. The number of nitrogens with zero attached hydrogens (tertiary/aromatic N) is 1. The fourth-order valence-electron chi connectivity index (χ4n) is 2.31. The van der Waals surface area contributed by atoms with Crippen LogP contribution < -0.4 is 10.2 Å². The molecule has 0 unspecified atom stereocenters. The lowest BCUT2D eigenvalue weighted by molar-refractivity contribution is 0.0955. The molecule has 6 heteroatoms. The molecule has 0 aliphatic heterocycles. The maximum Gasteiger partial charge on any atom is 0.271 e. The zero-order chi connectivity index (χ0) is 19.1. The van der Waals surface area contributed by atoms with Crippen LogP contribution >= 0.6 is 27.5 Å². The molecule has 0 spiro atoms. The van der Waals surface area contributed by atoms with E-state index in [1.807, 2.05) is 48.5 Å². The molecule has 0 aromatic heterocycles. The summed E-state index contributed by atoms with van der Waals surface area (Å²) in [4.78, 5) is 12.0. The number of hydrogen-bond donors (Lipinski definition) is 1. The van der Waals surface area contributed by atoms with Gasteiger partial charge in [-0.2, -0.15) is 5.10 Å². The quantitative estimate of drug-likeness (QED) is 0.407. The summed E-state index contributed by atoms with van der Waals surface area (Å²) in [7, 11) is 0. The molecule has 0 aliphatic carbocycles. The fourth-order valence-corrected chi connectivity index (χ4v) is 3.01. The molecule has 0 saturated carbocycles. The number of ether oxygens (including phenoxy) is 1. The second-order valence-corrected chi connectivity index (χ2v) is 6.96. The van der Waals surface area contributed by atoms with Crippen LogP contribution in [0.3, 0.4) is 0 Å². The van der Waals surface area contributed by atoms with Gasteiger partial charge in [-0.15, -0.1) is 0 Å². The molecule has 4 nitrogen and oxygen atoms in total. The SMILES string of the molecule is O=C(N/N=C\c1ccc(OCc2ccccc2)c(Br)c1)c1cccc(Cl)c1. The predicted molar refractivity (Wildman–Crippen MR) is 111 cm³/mol. The zero-order valence-electron chi connectivity index (χ0n) is 14.2. The minimum Gasteiger partial charge on any atom is -0.488 e. The highest BCUT2D eigenvalue weighted by Gasteiger charge is 2.05. The lowest BCUT2D eigenvalue weighted by atomic mass is 10.2. The average Bonchev–Trinajstić information content (AvgIpc) is 2.68. The van der Waals surface area contributed by atoms with Crippen LogP contribution in [-0.4, -0.2) is 12.1 Å². The van der Waals surface area contributed by atoms with Gasteiger partial charge in [0.1, 0.15) is 12.4 Å². The number of rotatable bonds is 6. The van der Waals surface area contributed by atoms with Gasteiger partial charge in [-0.3, -0.25) is 4.79 Å². The summed E-state index contributed by atoms with van der Waals surface area (Å²) in [5.41, 5.74) is 4.85. The van der Waals surface area contributed by atoms with Crippen molar-refractivity contribution in [3.05, 3.63) is 99.0 Å². The third-order valence-electron chi connectivity index (χ3n) is 3.66. The van der Waals surface area contributed by atoms with E-state index in [2.05, 4.69) is 26.5 Å². The van der Waals surface area contributed by atoms with Gasteiger partial charge in [-0.1, -0.05) is 48.0 Å². The Morgan fingerprint density at radius 1 is 1.07 bits per heavy atom. The van der Waals surface area contributed by atoms with Crippen molar-refractivity contribution in [2.45, 2.75) is 6.61 Å². The van der Waals surface area contributed by atoms with Gasteiger partial charge in [0.2, 0.25) is 0 Å². The first-order valence-corrected chi connectivity index (χ1v) is 9.34.